The first-order chi connectivity index (χ1) is 8.50. The van der Waals surface area contributed by atoms with Crippen LogP contribution in [0.15, 0.2) is 39.5 Å². The third-order valence-corrected chi connectivity index (χ3v) is 2.60. The standard InChI is InChI=1S/C12H7ClO5/c13-7-4-2-1-3-6(7)11-10(12(16)17)8(14)5-9(15)18-11/h1-5,14H,(H,16,17). The van der Waals surface area contributed by atoms with Crippen LogP contribution in [0.2, 0.25) is 5.02 Å². The van der Waals surface area contributed by atoms with Crippen LogP contribution < -0.4 is 5.63 Å². The normalized spacial score (nSPS) is 10.3. The third kappa shape index (κ3) is 2.08. The number of benzene rings is 1. The summed E-state index contributed by atoms with van der Waals surface area (Å²) in [7, 11) is 0. The first-order valence-corrected chi connectivity index (χ1v) is 5.24. The van der Waals surface area contributed by atoms with Crippen molar-refractivity contribution in [1.29, 1.82) is 0 Å². The zero-order valence-electron chi connectivity index (χ0n) is 8.88. The molecule has 0 amide bonds. The molecule has 0 aliphatic rings. The third-order valence-electron chi connectivity index (χ3n) is 2.27. The van der Waals surface area contributed by atoms with Gasteiger partial charge in [0.2, 0.25) is 0 Å². The number of hydrogen-bond donors (Lipinski definition) is 2. The number of rotatable bonds is 2. The van der Waals surface area contributed by atoms with Crippen molar-refractivity contribution >= 4 is 17.6 Å². The molecule has 1 aromatic carbocycles. The van der Waals surface area contributed by atoms with E-state index in [2.05, 4.69) is 0 Å². The lowest BCUT2D eigenvalue weighted by atomic mass is 10.1. The Morgan fingerprint density at radius 3 is 2.56 bits per heavy atom. The Labute approximate surface area is 106 Å². The number of hydrogen-bond acceptors (Lipinski definition) is 4. The van der Waals surface area contributed by atoms with Crippen LogP contribution in [0.25, 0.3) is 11.3 Å². The van der Waals surface area contributed by atoms with Gasteiger partial charge in [-0.15, -0.1) is 0 Å². The fraction of sp³-hybridized carbons (Fsp3) is 0. The molecule has 0 fully saturated rings. The van der Waals surface area contributed by atoms with Crippen LogP contribution in [0.3, 0.4) is 0 Å². The summed E-state index contributed by atoms with van der Waals surface area (Å²) in [5.41, 5.74) is -1.13. The van der Waals surface area contributed by atoms with Gasteiger partial charge in [0.15, 0.2) is 5.76 Å². The monoisotopic (exact) mass is 266 g/mol. The Bertz CT molecular complexity index is 674. The van der Waals surface area contributed by atoms with E-state index in [9.17, 15) is 14.7 Å². The fourth-order valence-electron chi connectivity index (χ4n) is 1.52. The minimum atomic E-state index is -1.41. The number of aromatic carboxylic acids is 1. The fourth-order valence-corrected chi connectivity index (χ4v) is 1.74. The predicted octanol–water partition coefficient (Wildman–Crippen LogP) is 2.36. The van der Waals surface area contributed by atoms with Gasteiger partial charge in [-0.1, -0.05) is 23.7 Å². The highest BCUT2D eigenvalue weighted by atomic mass is 35.5. The number of carbonyl (C=O) groups is 1. The van der Waals surface area contributed by atoms with Gasteiger partial charge < -0.3 is 14.6 Å². The maximum atomic E-state index is 11.2. The number of aromatic hydroxyl groups is 1. The molecular weight excluding hydrogens is 260 g/mol. The molecule has 92 valence electrons. The van der Waals surface area contributed by atoms with Gasteiger partial charge in [-0.3, -0.25) is 0 Å². The first-order valence-electron chi connectivity index (χ1n) is 4.86. The zero-order valence-corrected chi connectivity index (χ0v) is 9.64. The minimum absolute atomic E-state index is 0.216. The van der Waals surface area contributed by atoms with E-state index in [1.165, 1.54) is 12.1 Å². The Hall–Kier alpha value is -2.27. The molecule has 6 heteroatoms. The largest absolute Gasteiger partial charge is 0.507 e. The van der Waals surface area contributed by atoms with Crippen LogP contribution in [-0.2, 0) is 0 Å². The summed E-state index contributed by atoms with van der Waals surface area (Å²) in [6, 6.07) is 6.97. The average Bonchev–Trinajstić information content (AvgIpc) is 2.27. The smallest absolute Gasteiger partial charge is 0.343 e. The second-order valence-electron chi connectivity index (χ2n) is 3.44. The highest BCUT2D eigenvalue weighted by Gasteiger charge is 2.22. The van der Waals surface area contributed by atoms with Crippen molar-refractivity contribution in [2.24, 2.45) is 0 Å². The molecular formula is C12H7ClO5. The lowest BCUT2D eigenvalue weighted by Gasteiger charge is -2.07. The minimum Gasteiger partial charge on any atom is -0.507 e. The predicted molar refractivity (Wildman–Crippen MR) is 64.0 cm³/mol. The molecule has 0 saturated carbocycles. The summed E-state index contributed by atoms with van der Waals surface area (Å²) in [6.45, 7) is 0. The van der Waals surface area contributed by atoms with Gasteiger partial charge in [0, 0.05) is 5.56 Å². The lowest BCUT2D eigenvalue weighted by Crippen LogP contribution is -2.06. The summed E-state index contributed by atoms with van der Waals surface area (Å²) >= 11 is 5.90. The van der Waals surface area contributed by atoms with E-state index in [0.717, 1.165) is 0 Å². The molecule has 0 spiro atoms. The summed E-state index contributed by atoms with van der Waals surface area (Å²) in [4.78, 5) is 22.3. The van der Waals surface area contributed by atoms with Gasteiger partial charge in [-0.25, -0.2) is 9.59 Å². The SMILES string of the molecule is O=C(O)c1c(O)cc(=O)oc1-c1ccccc1Cl. The van der Waals surface area contributed by atoms with Crippen LogP contribution in [0, 0.1) is 0 Å². The highest BCUT2D eigenvalue weighted by Crippen LogP contribution is 2.32. The van der Waals surface area contributed by atoms with Crippen LogP contribution in [-0.4, -0.2) is 16.2 Å². The molecule has 0 aliphatic heterocycles. The van der Waals surface area contributed by atoms with Gasteiger partial charge in [0.25, 0.3) is 0 Å². The first kappa shape index (κ1) is 12.2. The van der Waals surface area contributed by atoms with E-state index in [0.29, 0.717) is 6.07 Å². The van der Waals surface area contributed by atoms with E-state index >= 15 is 0 Å². The summed E-state index contributed by atoms with van der Waals surface area (Å²) < 4.78 is 4.84. The second kappa shape index (κ2) is 4.54. The number of carboxylic acid groups (broad SMARTS) is 1. The Balaban J connectivity index is 2.82. The van der Waals surface area contributed by atoms with Crippen LogP contribution >= 0.6 is 11.6 Å². The van der Waals surface area contributed by atoms with Crippen molar-refractivity contribution in [1.82, 2.24) is 0 Å². The van der Waals surface area contributed by atoms with Crippen molar-refractivity contribution in [2.75, 3.05) is 0 Å². The molecule has 5 nitrogen and oxygen atoms in total. The summed E-state index contributed by atoms with van der Waals surface area (Å²) in [6.07, 6.45) is 0. The highest BCUT2D eigenvalue weighted by molar-refractivity contribution is 6.33. The number of carboxylic acids is 1. The molecule has 0 atom stereocenters. The van der Waals surface area contributed by atoms with Crippen LogP contribution in [0.5, 0.6) is 5.75 Å². The second-order valence-corrected chi connectivity index (χ2v) is 3.85. The van der Waals surface area contributed by atoms with Crippen LogP contribution in [0.1, 0.15) is 10.4 Å². The molecule has 2 aromatic rings. The molecule has 0 aliphatic carbocycles. The van der Waals surface area contributed by atoms with Crippen molar-refractivity contribution in [3.05, 3.63) is 51.3 Å². The summed E-state index contributed by atoms with van der Waals surface area (Å²) in [5, 5.41) is 18.8. The topological polar surface area (TPSA) is 87.7 Å². The molecule has 2 rings (SSSR count). The quantitative estimate of drug-likeness (QED) is 0.871. The van der Waals surface area contributed by atoms with Gasteiger partial charge in [0.1, 0.15) is 11.3 Å². The lowest BCUT2D eigenvalue weighted by molar-refractivity contribution is 0.0692. The van der Waals surface area contributed by atoms with Crippen LogP contribution in [0.4, 0.5) is 0 Å². The molecule has 0 radical (unpaired) electrons. The van der Waals surface area contributed by atoms with Gasteiger partial charge >= 0.3 is 11.6 Å². The maximum absolute atomic E-state index is 11.2. The van der Waals surface area contributed by atoms with E-state index in [1.807, 2.05) is 0 Å². The maximum Gasteiger partial charge on any atom is 0.343 e. The molecule has 1 aromatic heterocycles. The molecule has 2 N–H and O–H groups in total. The van der Waals surface area contributed by atoms with Gasteiger partial charge in [0.05, 0.1) is 11.1 Å². The van der Waals surface area contributed by atoms with Crippen molar-refractivity contribution < 1.29 is 19.4 Å². The van der Waals surface area contributed by atoms with E-state index < -0.39 is 22.9 Å². The molecule has 0 unspecified atom stereocenters. The molecule has 0 saturated heterocycles. The van der Waals surface area contributed by atoms with Gasteiger partial charge in [-0.05, 0) is 12.1 Å². The molecule has 0 bridgehead atoms. The van der Waals surface area contributed by atoms with E-state index in [4.69, 9.17) is 21.1 Å². The zero-order chi connectivity index (χ0) is 13.3. The van der Waals surface area contributed by atoms with E-state index in [-0.39, 0.29) is 16.3 Å². The molecule has 1 heterocycles. The summed E-state index contributed by atoms with van der Waals surface area (Å²) in [5.74, 6) is -2.34. The van der Waals surface area contributed by atoms with E-state index in [1.54, 1.807) is 12.1 Å². The molecule has 18 heavy (non-hydrogen) atoms. The van der Waals surface area contributed by atoms with Crippen molar-refractivity contribution in [2.45, 2.75) is 0 Å². The number of halogens is 1. The Morgan fingerprint density at radius 1 is 1.28 bits per heavy atom. The van der Waals surface area contributed by atoms with Crippen molar-refractivity contribution in [3.8, 4) is 17.1 Å². The average molecular weight is 267 g/mol. The van der Waals surface area contributed by atoms with Gasteiger partial charge in [-0.2, -0.15) is 0 Å². The Kier molecular flexibility index (Phi) is 3.08. The Morgan fingerprint density at radius 2 is 1.94 bits per heavy atom. The van der Waals surface area contributed by atoms with Crippen molar-refractivity contribution in [3.63, 3.8) is 0 Å².